The highest BCUT2D eigenvalue weighted by molar-refractivity contribution is 7.16. The summed E-state index contributed by atoms with van der Waals surface area (Å²) in [5, 5.41) is 5.49. The molecule has 5 nitrogen and oxygen atoms in total. The van der Waals surface area contributed by atoms with Crippen molar-refractivity contribution >= 4 is 33.1 Å². The Kier molecular flexibility index (Phi) is 5.28. The van der Waals surface area contributed by atoms with Gasteiger partial charge in [-0.3, -0.25) is 14.2 Å². The smallest absolute Gasteiger partial charge is 0.262 e. The molecule has 0 fully saturated rings. The predicted molar refractivity (Wildman–Crippen MR) is 102 cm³/mol. The minimum absolute atomic E-state index is 0.0899. The molecule has 1 N–H and O–H groups in total. The van der Waals surface area contributed by atoms with Crippen molar-refractivity contribution in [3.63, 3.8) is 0 Å². The largest absolute Gasteiger partial charge is 0.326 e. The first kappa shape index (κ1) is 17.4. The van der Waals surface area contributed by atoms with E-state index in [0.29, 0.717) is 11.9 Å². The molecule has 0 aliphatic heterocycles. The van der Waals surface area contributed by atoms with Gasteiger partial charge in [-0.15, -0.1) is 11.3 Å². The topological polar surface area (TPSA) is 64.0 Å². The Balaban J connectivity index is 1.73. The number of aryl methyl sites for hydroxylation is 3. The van der Waals surface area contributed by atoms with Crippen molar-refractivity contribution < 1.29 is 4.79 Å². The van der Waals surface area contributed by atoms with E-state index in [2.05, 4.69) is 24.1 Å². The number of rotatable bonds is 6. The third kappa shape index (κ3) is 3.64. The van der Waals surface area contributed by atoms with Crippen molar-refractivity contribution in [1.29, 1.82) is 0 Å². The first-order valence-electron chi connectivity index (χ1n) is 8.47. The second-order valence-corrected chi connectivity index (χ2v) is 6.73. The Bertz CT molecular complexity index is 936. The number of carbonyl (C=O) groups is 1. The molecule has 0 radical (unpaired) electrons. The standard InChI is InChI=1S/C19H21N3O2S/c1-3-13-6-5-7-14(4-2)17(13)21-16(23)8-10-22-12-20-18-15(19(22)24)9-11-25-18/h5-7,9,11-12H,3-4,8,10H2,1-2H3,(H,21,23). The van der Waals surface area contributed by atoms with Crippen LogP contribution in [0, 0.1) is 0 Å². The van der Waals surface area contributed by atoms with Crippen LogP contribution in [0.25, 0.3) is 10.2 Å². The molecule has 0 aliphatic rings. The number of carbonyl (C=O) groups excluding carboxylic acids is 1. The summed E-state index contributed by atoms with van der Waals surface area (Å²) in [6.45, 7) is 4.47. The maximum atomic E-state index is 12.4. The van der Waals surface area contributed by atoms with Gasteiger partial charge >= 0.3 is 0 Å². The van der Waals surface area contributed by atoms with Crippen molar-refractivity contribution in [2.45, 2.75) is 39.7 Å². The van der Waals surface area contributed by atoms with E-state index in [-0.39, 0.29) is 17.9 Å². The zero-order chi connectivity index (χ0) is 17.8. The Hall–Kier alpha value is -2.47. The number of hydrogen-bond acceptors (Lipinski definition) is 4. The summed E-state index contributed by atoms with van der Waals surface area (Å²) in [5.41, 5.74) is 3.08. The van der Waals surface area contributed by atoms with E-state index < -0.39 is 0 Å². The monoisotopic (exact) mass is 355 g/mol. The van der Waals surface area contributed by atoms with E-state index in [0.717, 1.165) is 34.5 Å². The number of fused-ring (bicyclic) bond motifs is 1. The molecular formula is C19H21N3O2S. The first-order valence-corrected chi connectivity index (χ1v) is 9.35. The second kappa shape index (κ2) is 7.61. The molecule has 3 aromatic rings. The molecule has 2 heterocycles. The summed E-state index contributed by atoms with van der Waals surface area (Å²) in [5.74, 6) is -0.0899. The van der Waals surface area contributed by atoms with Gasteiger partial charge in [0, 0.05) is 18.7 Å². The normalized spacial score (nSPS) is 11.0. The Morgan fingerprint density at radius 1 is 1.20 bits per heavy atom. The SMILES string of the molecule is CCc1cccc(CC)c1NC(=O)CCn1cnc2sccc2c1=O. The number of nitrogens with zero attached hydrogens (tertiary/aromatic N) is 2. The molecule has 130 valence electrons. The van der Waals surface area contributed by atoms with Gasteiger partial charge in [0.05, 0.1) is 11.7 Å². The van der Waals surface area contributed by atoms with Crippen LogP contribution >= 0.6 is 11.3 Å². The molecule has 25 heavy (non-hydrogen) atoms. The summed E-state index contributed by atoms with van der Waals surface area (Å²) in [6.07, 6.45) is 3.48. The van der Waals surface area contributed by atoms with Crippen LogP contribution in [-0.2, 0) is 24.2 Å². The van der Waals surface area contributed by atoms with Crippen molar-refractivity contribution in [3.8, 4) is 0 Å². The van der Waals surface area contributed by atoms with Gasteiger partial charge < -0.3 is 5.32 Å². The number of hydrogen-bond donors (Lipinski definition) is 1. The highest BCUT2D eigenvalue weighted by atomic mass is 32.1. The number of thiophene rings is 1. The summed E-state index contributed by atoms with van der Waals surface area (Å²) in [4.78, 5) is 29.8. The molecule has 0 bridgehead atoms. The summed E-state index contributed by atoms with van der Waals surface area (Å²) in [7, 11) is 0. The van der Waals surface area contributed by atoms with Gasteiger partial charge in [0.2, 0.25) is 5.91 Å². The molecule has 0 spiro atoms. The van der Waals surface area contributed by atoms with Gasteiger partial charge in [0.15, 0.2) is 0 Å². The molecule has 1 amide bonds. The Morgan fingerprint density at radius 3 is 2.60 bits per heavy atom. The van der Waals surface area contributed by atoms with Crippen LogP contribution in [0.2, 0.25) is 0 Å². The molecule has 3 rings (SSSR count). The number of para-hydroxylation sites is 1. The molecular weight excluding hydrogens is 334 g/mol. The van der Waals surface area contributed by atoms with Crippen LogP contribution in [-0.4, -0.2) is 15.5 Å². The second-order valence-electron chi connectivity index (χ2n) is 5.84. The van der Waals surface area contributed by atoms with Gasteiger partial charge in [-0.1, -0.05) is 32.0 Å². The quantitative estimate of drug-likeness (QED) is 0.735. The highest BCUT2D eigenvalue weighted by Crippen LogP contribution is 2.22. The van der Waals surface area contributed by atoms with E-state index in [9.17, 15) is 9.59 Å². The fourth-order valence-corrected chi connectivity index (χ4v) is 3.60. The average molecular weight is 355 g/mol. The number of aromatic nitrogens is 2. The zero-order valence-corrected chi connectivity index (χ0v) is 15.2. The first-order chi connectivity index (χ1) is 12.1. The summed E-state index contributed by atoms with van der Waals surface area (Å²) >= 11 is 1.44. The predicted octanol–water partition coefficient (Wildman–Crippen LogP) is 3.61. The molecule has 2 aromatic heterocycles. The van der Waals surface area contributed by atoms with Gasteiger partial charge in [-0.2, -0.15) is 0 Å². The fraction of sp³-hybridized carbons (Fsp3) is 0.316. The summed E-state index contributed by atoms with van der Waals surface area (Å²) < 4.78 is 1.50. The zero-order valence-electron chi connectivity index (χ0n) is 14.4. The third-order valence-corrected chi connectivity index (χ3v) is 5.11. The van der Waals surface area contributed by atoms with Crippen LogP contribution in [0.1, 0.15) is 31.4 Å². The lowest BCUT2D eigenvalue weighted by atomic mass is 10.0. The van der Waals surface area contributed by atoms with Gasteiger partial charge in [-0.25, -0.2) is 4.98 Å². The lowest BCUT2D eigenvalue weighted by molar-refractivity contribution is -0.116. The molecule has 0 atom stereocenters. The molecule has 6 heteroatoms. The van der Waals surface area contributed by atoms with E-state index in [4.69, 9.17) is 0 Å². The Morgan fingerprint density at radius 2 is 1.92 bits per heavy atom. The lowest BCUT2D eigenvalue weighted by Gasteiger charge is -2.14. The minimum atomic E-state index is -0.0951. The third-order valence-electron chi connectivity index (χ3n) is 4.29. The lowest BCUT2D eigenvalue weighted by Crippen LogP contribution is -2.23. The molecule has 0 saturated carbocycles. The van der Waals surface area contributed by atoms with Crippen LogP contribution in [0.4, 0.5) is 5.69 Å². The Labute approximate surface area is 150 Å². The average Bonchev–Trinajstić information content (AvgIpc) is 3.11. The van der Waals surface area contributed by atoms with Crippen LogP contribution in [0.5, 0.6) is 0 Å². The van der Waals surface area contributed by atoms with Crippen molar-refractivity contribution in [2.24, 2.45) is 0 Å². The maximum absolute atomic E-state index is 12.4. The molecule has 0 unspecified atom stereocenters. The van der Waals surface area contributed by atoms with E-state index >= 15 is 0 Å². The van der Waals surface area contributed by atoms with E-state index in [1.165, 1.54) is 22.2 Å². The van der Waals surface area contributed by atoms with Crippen LogP contribution in [0.3, 0.4) is 0 Å². The molecule has 1 aromatic carbocycles. The minimum Gasteiger partial charge on any atom is -0.326 e. The van der Waals surface area contributed by atoms with Crippen molar-refractivity contribution in [3.05, 3.63) is 57.5 Å². The van der Waals surface area contributed by atoms with Gasteiger partial charge in [-0.05, 0) is 35.4 Å². The fourth-order valence-electron chi connectivity index (χ4n) is 2.88. The number of benzene rings is 1. The summed E-state index contributed by atoms with van der Waals surface area (Å²) in [6, 6.07) is 7.87. The van der Waals surface area contributed by atoms with Crippen LogP contribution in [0.15, 0.2) is 40.8 Å². The highest BCUT2D eigenvalue weighted by Gasteiger charge is 2.11. The van der Waals surface area contributed by atoms with Gasteiger partial charge in [0.25, 0.3) is 5.56 Å². The van der Waals surface area contributed by atoms with Crippen molar-refractivity contribution in [2.75, 3.05) is 5.32 Å². The molecule has 0 aliphatic carbocycles. The number of amides is 1. The maximum Gasteiger partial charge on any atom is 0.262 e. The number of anilines is 1. The number of nitrogens with one attached hydrogen (secondary N) is 1. The molecule has 0 saturated heterocycles. The van der Waals surface area contributed by atoms with Crippen molar-refractivity contribution in [1.82, 2.24) is 9.55 Å². The van der Waals surface area contributed by atoms with Crippen LogP contribution < -0.4 is 10.9 Å². The van der Waals surface area contributed by atoms with E-state index in [1.807, 2.05) is 23.6 Å². The van der Waals surface area contributed by atoms with E-state index in [1.54, 1.807) is 6.07 Å². The van der Waals surface area contributed by atoms with Gasteiger partial charge in [0.1, 0.15) is 4.83 Å².